The molecule has 0 spiro atoms. The maximum absolute atomic E-state index is 11.3. The Morgan fingerprint density at radius 2 is 2.39 bits per heavy atom. The molecule has 1 aliphatic rings. The van der Waals surface area contributed by atoms with Crippen molar-refractivity contribution in [3.63, 3.8) is 0 Å². The van der Waals surface area contributed by atoms with Crippen LogP contribution in [0.3, 0.4) is 0 Å². The van der Waals surface area contributed by atoms with Gasteiger partial charge in [0.15, 0.2) is 6.39 Å². The van der Waals surface area contributed by atoms with Gasteiger partial charge in [-0.1, -0.05) is 11.6 Å². The number of carbonyl (C=O) groups is 1. The number of fused-ring (bicyclic) bond motifs is 1. The zero-order valence-corrected chi connectivity index (χ0v) is 10.1. The van der Waals surface area contributed by atoms with E-state index >= 15 is 0 Å². The molecule has 5 nitrogen and oxygen atoms in total. The van der Waals surface area contributed by atoms with E-state index in [2.05, 4.69) is 15.6 Å². The number of aromatic nitrogens is 1. The van der Waals surface area contributed by atoms with E-state index in [0.29, 0.717) is 18.0 Å². The third kappa shape index (κ3) is 2.04. The summed E-state index contributed by atoms with van der Waals surface area (Å²) in [4.78, 5) is 15.1. The van der Waals surface area contributed by atoms with Crippen LogP contribution in [-0.4, -0.2) is 10.9 Å². The van der Waals surface area contributed by atoms with Crippen molar-refractivity contribution >= 4 is 28.9 Å². The molecule has 0 radical (unpaired) electrons. The van der Waals surface area contributed by atoms with E-state index in [1.807, 2.05) is 6.07 Å². The van der Waals surface area contributed by atoms with Crippen LogP contribution in [0.15, 0.2) is 29.1 Å². The average Bonchev–Trinajstić information content (AvgIpc) is 2.94. The summed E-state index contributed by atoms with van der Waals surface area (Å²) < 4.78 is 5.12. The molecule has 0 bridgehead atoms. The Balaban J connectivity index is 1.80. The molecule has 0 fully saturated rings. The van der Waals surface area contributed by atoms with E-state index in [-0.39, 0.29) is 5.91 Å². The lowest BCUT2D eigenvalue weighted by Crippen LogP contribution is -2.03. The van der Waals surface area contributed by atoms with Gasteiger partial charge in [0.1, 0.15) is 5.76 Å². The summed E-state index contributed by atoms with van der Waals surface area (Å²) in [5.41, 5.74) is 2.52. The van der Waals surface area contributed by atoms with E-state index in [9.17, 15) is 4.79 Å². The first-order valence-electron chi connectivity index (χ1n) is 5.46. The highest BCUT2D eigenvalue weighted by molar-refractivity contribution is 6.33. The number of amides is 1. The highest BCUT2D eigenvalue weighted by Crippen LogP contribution is 2.32. The molecule has 0 unspecified atom stereocenters. The van der Waals surface area contributed by atoms with Crippen molar-refractivity contribution in [2.45, 2.75) is 13.0 Å². The number of hydrogen-bond acceptors (Lipinski definition) is 4. The van der Waals surface area contributed by atoms with Gasteiger partial charge in [0.2, 0.25) is 5.91 Å². The monoisotopic (exact) mass is 263 g/mol. The molecule has 2 N–H and O–H groups in total. The van der Waals surface area contributed by atoms with Crippen molar-refractivity contribution in [3.8, 4) is 0 Å². The highest BCUT2D eigenvalue weighted by Gasteiger charge is 2.19. The van der Waals surface area contributed by atoms with Gasteiger partial charge in [-0.05, 0) is 17.7 Å². The molecule has 18 heavy (non-hydrogen) atoms. The van der Waals surface area contributed by atoms with Gasteiger partial charge in [-0.25, -0.2) is 4.98 Å². The van der Waals surface area contributed by atoms with Crippen LogP contribution in [0.5, 0.6) is 0 Å². The molecule has 3 rings (SSSR count). The van der Waals surface area contributed by atoms with Crippen LogP contribution >= 0.6 is 11.6 Å². The summed E-state index contributed by atoms with van der Waals surface area (Å²) in [7, 11) is 0. The largest absolute Gasteiger partial charge is 0.447 e. The number of carbonyl (C=O) groups excluding carboxylic acids is 1. The molecule has 6 heteroatoms. The van der Waals surface area contributed by atoms with Gasteiger partial charge >= 0.3 is 0 Å². The first kappa shape index (κ1) is 11.1. The second-order valence-electron chi connectivity index (χ2n) is 4.04. The van der Waals surface area contributed by atoms with Gasteiger partial charge in [-0.3, -0.25) is 4.79 Å². The van der Waals surface area contributed by atoms with Crippen LogP contribution in [0, 0.1) is 0 Å². The molecule has 0 atom stereocenters. The van der Waals surface area contributed by atoms with Crippen LogP contribution in [-0.2, 0) is 17.8 Å². The molecule has 1 amide bonds. The third-order valence-corrected chi connectivity index (χ3v) is 3.07. The Hall–Kier alpha value is -2.01. The van der Waals surface area contributed by atoms with E-state index in [4.69, 9.17) is 16.0 Å². The van der Waals surface area contributed by atoms with E-state index in [0.717, 1.165) is 22.7 Å². The fraction of sp³-hybridized carbons (Fsp3) is 0.167. The molecular formula is C12H10ClN3O2. The zero-order chi connectivity index (χ0) is 12.5. The molecule has 0 saturated carbocycles. The van der Waals surface area contributed by atoms with Gasteiger partial charge in [0.05, 0.1) is 29.9 Å². The van der Waals surface area contributed by atoms with E-state index in [1.165, 1.54) is 6.39 Å². The summed E-state index contributed by atoms with van der Waals surface area (Å²) in [5.74, 6) is 0.717. The van der Waals surface area contributed by atoms with Crippen molar-refractivity contribution in [3.05, 3.63) is 41.1 Å². The molecule has 2 aromatic rings. The highest BCUT2D eigenvalue weighted by atomic mass is 35.5. The number of nitrogens with one attached hydrogen (secondary N) is 2. The average molecular weight is 264 g/mol. The Kier molecular flexibility index (Phi) is 2.68. The lowest BCUT2D eigenvalue weighted by Gasteiger charge is -2.09. The van der Waals surface area contributed by atoms with E-state index < -0.39 is 0 Å². The summed E-state index contributed by atoms with van der Waals surface area (Å²) in [5, 5.41) is 6.48. The van der Waals surface area contributed by atoms with Crippen molar-refractivity contribution in [1.82, 2.24) is 4.98 Å². The lowest BCUT2D eigenvalue weighted by molar-refractivity contribution is -0.115. The van der Waals surface area contributed by atoms with Crippen LogP contribution < -0.4 is 10.6 Å². The summed E-state index contributed by atoms with van der Waals surface area (Å²) in [6.45, 7) is 0.500. The fourth-order valence-electron chi connectivity index (χ4n) is 1.90. The van der Waals surface area contributed by atoms with Crippen LogP contribution in [0.25, 0.3) is 0 Å². The zero-order valence-electron chi connectivity index (χ0n) is 9.37. The normalized spacial score (nSPS) is 13.3. The number of rotatable bonds is 3. The first-order valence-corrected chi connectivity index (χ1v) is 5.83. The maximum Gasteiger partial charge on any atom is 0.228 e. The standard InChI is InChI=1S/C12H10ClN3O2/c13-9-3-10-7(2-12(17)16-10)1-11(9)15-5-8-4-14-6-18-8/h1,3-4,6,15H,2,5H2,(H,16,17). The second kappa shape index (κ2) is 4.34. The number of nitrogens with zero attached hydrogens (tertiary/aromatic N) is 1. The topological polar surface area (TPSA) is 67.2 Å². The predicted molar refractivity (Wildman–Crippen MR) is 67.6 cm³/mol. The number of oxazole rings is 1. The van der Waals surface area contributed by atoms with Crippen LogP contribution in [0.2, 0.25) is 5.02 Å². The molecular weight excluding hydrogens is 254 g/mol. The van der Waals surface area contributed by atoms with Crippen molar-refractivity contribution in [2.75, 3.05) is 10.6 Å². The van der Waals surface area contributed by atoms with Crippen LogP contribution in [0.1, 0.15) is 11.3 Å². The second-order valence-corrected chi connectivity index (χ2v) is 4.44. The molecule has 1 aromatic carbocycles. The van der Waals surface area contributed by atoms with Crippen molar-refractivity contribution in [2.24, 2.45) is 0 Å². The minimum absolute atomic E-state index is 0.00606. The molecule has 92 valence electrons. The Labute approximate surface area is 108 Å². The van der Waals surface area contributed by atoms with Gasteiger partial charge in [0, 0.05) is 5.69 Å². The predicted octanol–water partition coefficient (Wildman–Crippen LogP) is 2.43. The first-order chi connectivity index (χ1) is 8.72. The Morgan fingerprint density at radius 3 is 3.17 bits per heavy atom. The van der Waals surface area contributed by atoms with Gasteiger partial charge in [-0.2, -0.15) is 0 Å². The third-order valence-electron chi connectivity index (χ3n) is 2.75. The number of hydrogen-bond donors (Lipinski definition) is 2. The molecule has 0 saturated heterocycles. The molecule has 2 heterocycles. The minimum Gasteiger partial charge on any atom is -0.447 e. The molecule has 0 aliphatic carbocycles. The lowest BCUT2D eigenvalue weighted by atomic mass is 10.1. The SMILES string of the molecule is O=C1Cc2cc(NCc3cnco3)c(Cl)cc2N1. The summed E-state index contributed by atoms with van der Waals surface area (Å²) >= 11 is 6.14. The van der Waals surface area contributed by atoms with Gasteiger partial charge in [0.25, 0.3) is 0 Å². The van der Waals surface area contributed by atoms with E-state index in [1.54, 1.807) is 12.3 Å². The Bertz CT molecular complexity index is 596. The van der Waals surface area contributed by atoms with Crippen molar-refractivity contribution < 1.29 is 9.21 Å². The minimum atomic E-state index is -0.00606. The van der Waals surface area contributed by atoms with Crippen LogP contribution in [0.4, 0.5) is 11.4 Å². The number of benzene rings is 1. The quantitative estimate of drug-likeness (QED) is 0.893. The summed E-state index contributed by atoms with van der Waals surface area (Å²) in [6.07, 6.45) is 3.41. The van der Waals surface area contributed by atoms with Gasteiger partial charge < -0.3 is 15.1 Å². The van der Waals surface area contributed by atoms with Crippen molar-refractivity contribution in [1.29, 1.82) is 0 Å². The summed E-state index contributed by atoms with van der Waals surface area (Å²) in [6, 6.07) is 3.64. The maximum atomic E-state index is 11.3. The molecule has 1 aromatic heterocycles. The molecule has 1 aliphatic heterocycles. The van der Waals surface area contributed by atoms with Gasteiger partial charge in [-0.15, -0.1) is 0 Å². The Morgan fingerprint density at radius 1 is 1.50 bits per heavy atom. The fourth-order valence-corrected chi connectivity index (χ4v) is 2.13. The number of anilines is 2. The number of halogens is 1. The smallest absolute Gasteiger partial charge is 0.228 e.